The second kappa shape index (κ2) is 15.3. The van der Waals surface area contributed by atoms with Crippen molar-refractivity contribution in [2.75, 3.05) is 25.0 Å². The third kappa shape index (κ3) is 7.89. The third-order valence-electron chi connectivity index (χ3n) is 12.1. The normalized spacial score (nSPS) is 23.5. The molecule has 1 aliphatic carbocycles. The number of aryl methyl sites for hydroxylation is 1. The highest BCUT2D eigenvalue weighted by Gasteiger charge is 2.37. The second-order valence-corrected chi connectivity index (χ2v) is 16.6. The minimum atomic E-state index is -4.73. The molecule has 312 valence electrons. The van der Waals surface area contributed by atoms with E-state index in [1.807, 2.05) is 6.07 Å². The Bertz CT molecular complexity index is 2510. The number of oxazole rings is 1. The lowest BCUT2D eigenvalue weighted by Gasteiger charge is -2.38. The maximum Gasteiger partial charge on any atom is 0.433 e. The first-order valence-electron chi connectivity index (χ1n) is 19.9. The number of carbonyl (C=O) groups excluding carboxylic acids is 3. The van der Waals surface area contributed by atoms with E-state index in [4.69, 9.17) is 9.40 Å². The summed E-state index contributed by atoms with van der Waals surface area (Å²) in [5, 5.41) is 15.9. The van der Waals surface area contributed by atoms with Crippen LogP contribution in [0.1, 0.15) is 110 Å². The average Bonchev–Trinajstić information content (AvgIpc) is 3.71. The lowest BCUT2D eigenvalue weighted by atomic mass is 9.81. The van der Waals surface area contributed by atoms with Crippen molar-refractivity contribution >= 4 is 45.5 Å². The van der Waals surface area contributed by atoms with Gasteiger partial charge in [0.1, 0.15) is 29.1 Å². The molecule has 0 bridgehead atoms. The van der Waals surface area contributed by atoms with Crippen LogP contribution in [0.2, 0.25) is 0 Å². The fraction of sp³-hybridized carbons (Fsp3) is 0.476. The number of halogens is 4. The van der Waals surface area contributed by atoms with Crippen molar-refractivity contribution in [3.63, 3.8) is 0 Å². The number of hydrogen-bond acceptors (Lipinski definition) is 9. The summed E-state index contributed by atoms with van der Waals surface area (Å²) >= 11 is 0. The van der Waals surface area contributed by atoms with Crippen molar-refractivity contribution < 1.29 is 41.5 Å². The number of amides is 3. The van der Waals surface area contributed by atoms with Crippen molar-refractivity contribution in [1.82, 2.24) is 29.3 Å². The average molecular weight is 820 g/mol. The number of imidazole rings is 1. The van der Waals surface area contributed by atoms with Gasteiger partial charge in [-0.15, -0.1) is 0 Å². The smallest absolute Gasteiger partial charge is 0.433 e. The molecule has 3 N–H and O–H groups in total. The summed E-state index contributed by atoms with van der Waals surface area (Å²) in [7, 11) is 1.63. The van der Waals surface area contributed by atoms with Gasteiger partial charge in [-0.25, -0.2) is 19.2 Å². The van der Waals surface area contributed by atoms with E-state index in [1.54, 1.807) is 25.2 Å². The molecule has 0 radical (unpaired) electrons. The highest BCUT2D eigenvalue weighted by Crippen LogP contribution is 2.41. The zero-order chi connectivity index (χ0) is 42.0. The van der Waals surface area contributed by atoms with Gasteiger partial charge in [0.05, 0.1) is 22.3 Å². The minimum Gasteiger partial charge on any atom is -0.440 e. The topological polar surface area (TPSA) is 165 Å². The van der Waals surface area contributed by atoms with E-state index in [0.29, 0.717) is 52.5 Å². The number of piperidine rings is 2. The van der Waals surface area contributed by atoms with E-state index >= 15 is 4.39 Å². The van der Waals surface area contributed by atoms with E-state index in [0.717, 1.165) is 49.9 Å². The number of aliphatic hydroxyl groups is 1. The Hall–Kier alpha value is -5.42. The number of pyridine rings is 1. The maximum absolute atomic E-state index is 16.2. The van der Waals surface area contributed by atoms with Crippen molar-refractivity contribution in [2.45, 2.75) is 94.6 Å². The van der Waals surface area contributed by atoms with Gasteiger partial charge in [0.25, 0.3) is 5.91 Å². The van der Waals surface area contributed by atoms with Crippen LogP contribution in [0.5, 0.6) is 0 Å². The van der Waals surface area contributed by atoms with Gasteiger partial charge in [0, 0.05) is 50.0 Å². The van der Waals surface area contributed by atoms with Gasteiger partial charge < -0.3 is 19.7 Å². The van der Waals surface area contributed by atoms with Crippen molar-refractivity contribution in [3.8, 4) is 0 Å². The van der Waals surface area contributed by atoms with E-state index in [-0.39, 0.29) is 42.6 Å². The number of carbonyl (C=O) groups is 3. The Labute approximate surface area is 335 Å². The molecule has 17 heteroatoms. The molecule has 3 amide bonds. The zero-order valence-corrected chi connectivity index (χ0v) is 32.8. The maximum atomic E-state index is 16.2. The molecule has 59 heavy (non-hydrogen) atoms. The van der Waals surface area contributed by atoms with Gasteiger partial charge in [-0.2, -0.15) is 13.2 Å². The summed E-state index contributed by atoms with van der Waals surface area (Å²) in [6.07, 6.45) is -1.68. The van der Waals surface area contributed by atoms with Gasteiger partial charge in [-0.1, -0.05) is 18.2 Å². The van der Waals surface area contributed by atoms with Crippen molar-refractivity contribution in [3.05, 3.63) is 87.4 Å². The lowest BCUT2D eigenvalue weighted by molar-refractivity contribution is -0.141. The predicted octanol–water partition coefficient (Wildman–Crippen LogP) is 6.45. The van der Waals surface area contributed by atoms with Crippen LogP contribution >= 0.6 is 0 Å². The molecule has 5 heterocycles. The first kappa shape index (κ1) is 40.4. The van der Waals surface area contributed by atoms with Gasteiger partial charge >= 0.3 is 11.9 Å². The van der Waals surface area contributed by atoms with Crippen LogP contribution in [0.3, 0.4) is 0 Å². The molecule has 2 aromatic carbocycles. The SMILES string of the molecule is Cn1c(=O)n(C2CCC(=O)NC2=O)c2cccc([C@@H]3CCN(CC4CCC(c5nc6cc(C(C)(C)O)c(NC(=O)c7cccc(C(F)(F)F)n7)cc6o5)CC4)C[C@H]3F)c21. The molecule has 3 fully saturated rings. The Morgan fingerprint density at radius 1 is 1.00 bits per heavy atom. The Morgan fingerprint density at radius 3 is 2.44 bits per heavy atom. The van der Waals surface area contributed by atoms with Crippen LogP contribution < -0.4 is 16.3 Å². The predicted molar refractivity (Wildman–Crippen MR) is 208 cm³/mol. The monoisotopic (exact) mass is 819 g/mol. The van der Waals surface area contributed by atoms with E-state index in [1.165, 1.54) is 35.1 Å². The fourth-order valence-corrected chi connectivity index (χ4v) is 9.12. The summed E-state index contributed by atoms with van der Waals surface area (Å²) < 4.78 is 65.0. The number of nitrogens with zero attached hydrogens (tertiary/aromatic N) is 5. The molecule has 13 nitrogen and oxygen atoms in total. The quantitative estimate of drug-likeness (QED) is 0.118. The summed E-state index contributed by atoms with van der Waals surface area (Å²) in [6, 6.07) is 10.8. The van der Waals surface area contributed by atoms with Crippen molar-refractivity contribution in [1.29, 1.82) is 0 Å². The molecule has 0 spiro atoms. The molecule has 8 rings (SSSR count). The Morgan fingerprint density at radius 2 is 1.75 bits per heavy atom. The standard InChI is InChI=1S/C42H45F4N7O6/c1-41(2,58)26-18-30-33(19-29(26)48-37(55)28-7-5-9-34(47-28)42(44,45)46)59-39(49-30)23-12-10-22(11-13-23)20-52-17-16-24(27(43)21-52)25-6-4-8-31-36(25)51(3)40(57)53(31)32-14-15-35(54)50-38(32)56/h4-9,18-19,22-24,27,32,58H,10-17,20-21H2,1-3H3,(H,48,55)(H,50,54,56)/t22?,23?,24-,27+,32?/m0/s1. The van der Waals surface area contributed by atoms with E-state index < -0.39 is 53.1 Å². The lowest BCUT2D eigenvalue weighted by Crippen LogP contribution is -2.44. The fourth-order valence-electron chi connectivity index (χ4n) is 9.12. The highest BCUT2D eigenvalue weighted by molar-refractivity contribution is 6.04. The van der Waals surface area contributed by atoms with Crippen LogP contribution in [0.15, 0.2) is 57.7 Å². The number of imide groups is 1. The largest absolute Gasteiger partial charge is 0.440 e. The summed E-state index contributed by atoms with van der Waals surface area (Å²) in [4.78, 5) is 61.3. The summed E-state index contributed by atoms with van der Waals surface area (Å²) in [5.41, 5.74) is -0.311. The van der Waals surface area contributed by atoms with Gasteiger partial charge in [-0.05, 0) is 94.7 Å². The second-order valence-electron chi connectivity index (χ2n) is 16.6. The minimum absolute atomic E-state index is 0.0101. The molecule has 5 aromatic rings. The van der Waals surface area contributed by atoms with Gasteiger partial charge in [-0.3, -0.25) is 28.8 Å². The van der Waals surface area contributed by atoms with Crippen molar-refractivity contribution in [2.24, 2.45) is 13.0 Å². The molecule has 2 saturated heterocycles. The summed E-state index contributed by atoms with van der Waals surface area (Å²) in [6.45, 7) is 4.71. The van der Waals surface area contributed by atoms with E-state index in [2.05, 4.69) is 20.5 Å². The first-order valence-corrected chi connectivity index (χ1v) is 19.9. The number of hydrogen-bond donors (Lipinski definition) is 3. The number of rotatable bonds is 8. The number of nitrogens with one attached hydrogen (secondary N) is 2. The molecule has 2 aliphatic heterocycles. The van der Waals surface area contributed by atoms with Crippen LogP contribution in [0.25, 0.3) is 22.1 Å². The molecule has 1 saturated carbocycles. The number of para-hydroxylation sites is 1. The van der Waals surface area contributed by atoms with Crippen LogP contribution in [0, 0.1) is 5.92 Å². The Kier molecular flexibility index (Phi) is 10.5. The van der Waals surface area contributed by atoms with E-state index in [9.17, 15) is 37.5 Å². The number of likely N-dealkylation sites (tertiary alicyclic amines) is 1. The third-order valence-corrected chi connectivity index (χ3v) is 12.1. The number of fused-ring (bicyclic) bond motifs is 2. The molecule has 3 aromatic heterocycles. The molecular weight excluding hydrogens is 774 g/mol. The molecular formula is C42H45F4N7O6. The number of anilines is 1. The molecule has 3 atom stereocenters. The first-order chi connectivity index (χ1) is 28.0. The van der Waals surface area contributed by atoms with Gasteiger partial charge in [0.15, 0.2) is 11.5 Å². The molecule has 3 aliphatic rings. The number of aromatic nitrogens is 4. The van der Waals surface area contributed by atoms with Crippen LogP contribution in [-0.4, -0.2) is 72.6 Å². The van der Waals surface area contributed by atoms with Gasteiger partial charge in [0.2, 0.25) is 11.8 Å². The molecule has 1 unspecified atom stereocenters. The highest BCUT2D eigenvalue weighted by atomic mass is 19.4. The summed E-state index contributed by atoms with van der Waals surface area (Å²) in [5.74, 6) is -1.34. The van der Waals surface area contributed by atoms with Crippen LogP contribution in [-0.2, 0) is 28.4 Å². The number of alkyl halides is 4. The zero-order valence-electron chi connectivity index (χ0n) is 32.8. The Balaban J connectivity index is 0.912. The van der Waals surface area contributed by atoms with Crippen LogP contribution in [0.4, 0.5) is 23.2 Å². The number of benzene rings is 2.